The molecule has 1 aliphatic rings. The molecule has 2 aromatic carbocycles. The summed E-state index contributed by atoms with van der Waals surface area (Å²) in [5.41, 5.74) is 5.38. The van der Waals surface area contributed by atoms with Gasteiger partial charge in [-0.2, -0.15) is 0 Å². The van der Waals surface area contributed by atoms with E-state index in [1.165, 1.54) is 18.2 Å². The molecule has 0 fully saturated rings. The molecule has 6 nitrogen and oxygen atoms in total. The molecular formula is C15H11FN2O4. The number of nitrogens with one attached hydrogen (secondary N) is 1. The lowest BCUT2D eigenvalue weighted by Crippen LogP contribution is -2.16. The molecule has 0 saturated heterocycles. The number of ether oxygens (including phenoxy) is 2. The zero-order valence-electron chi connectivity index (χ0n) is 11.3. The number of fused-ring (bicyclic) bond motifs is 1. The monoisotopic (exact) mass is 302 g/mol. The minimum Gasteiger partial charge on any atom is -0.454 e. The van der Waals surface area contributed by atoms with Crippen LogP contribution in [0.1, 0.15) is 20.7 Å². The standard InChI is InChI=1S/C15H11FN2O4/c16-11-3-2-9(6-10(11)14(17)19)18-15(20)8-1-4-12-13(5-8)22-7-21-12/h1-6H,7H2,(H2,17,19)(H,18,20). The summed E-state index contributed by atoms with van der Waals surface area (Å²) in [6, 6.07) is 8.32. The van der Waals surface area contributed by atoms with Crippen LogP contribution in [0, 0.1) is 5.82 Å². The fourth-order valence-electron chi connectivity index (χ4n) is 2.03. The van der Waals surface area contributed by atoms with Gasteiger partial charge in [-0.15, -0.1) is 0 Å². The molecule has 0 atom stereocenters. The number of halogens is 1. The molecule has 0 unspecified atom stereocenters. The number of rotatable bonds is 3. The lowest BCUT2D eigenvalue weighted by Gasteiger charge is -2.07. The molecule has 3 N–H and O–H groups in total. The molecule has 1 heterocycles. The van der Waals surface area contributed by atoms with Crippen molar-refractivity contribution in [1.29, 1.82) is 0 Å². The van der Waals surface area contributed by atoms with Crippen LogP contribution in [0.25, 0.3) is 0 Å². The Bertz CT molecular complexity index is 776. The van der Waals surface area contributed by atoms with Crippen molar-refractivity contribution in [3.63, 3.8) is 0 Å². The number of benzene rings is 2. The van der Waals surface area contributed by atoms with Crippen LogP contribution in [0.15, 0.2) is 36.4 Å². The van der Waals surface area contributed by atoms with E-state index in [9.17, 15) is 14.0 Å². The number of nitrogens with two attached hydrogens (primary N) is 1. The van der Waals surface area contributed by atoms with Gasteiger partial charge in [0.1, 0.15) is 5.82 Å². The Labute approximate surface area is 124 Å². The number of carbonyl (C=O) groups excluding carboxylic acids is 2. The Morgan fingerprint density at radius 2 is 1.86 bits per heavy atom. The fourth-order valence-corrected chi connectivity index (χ4v) is 2.03. The van der Waals surface area contributed by atoms with Crippen molar-refractivity contribution in [2.75, 3.05) is 12.1 Å². The maximum Gasteiger partial charge on any atom is 0.255 e. The maximum atomic E-state index is 13.4. The van der Waals surface area contributed by atoms with E-state index < -0.39 is 17.6 Å². The molecule has 22 heavy (non-hydrogen) atoms. The SMILES string of the molecule is NC(=O)c1cc(NC(=O)c2ccc3c(c2)OCO3)ccc1F. The summed E-state index contributed by atoms with van der Waals surface area (Å²) < 4.78 is 23.7. The van der Waals surface area contributed by atoms with Crippen LogP contribution in [0.3, 0.4) is 0 Å². The van der Waals surface area contributed by atoms with Gasteiger partial charge < -0.3 is 20.5 Å². The second kappa shape index (κ2) is 5.36. The third-order valence-electron chi connectivity index (χ3n) is 3.12. The van der Waals surface area contributed by atoms with E-state index in [0.29, 0.717) is 17.1 Å². The fraction of sp³-hybridized carbons (Fsp3) is 0.0667. The number of anilines is 1. The van der Waals surface area contributed by atoms with E-state index in [1.807, 2.05) is 0 Å². The summed E-state index contributed by atoms with van der Waals surface area (Å²) >= 11 is 0. The van der Waals surface area contributed by atoms with E-state index in [4.69, 9.17) is 15.2 Å². The first-order chi connectivity index (χ1) is 10.5. The van der Waals surface area contributed by atoms with E-state index in [-0.39, 0.29) is 18.0 Å². The van der Waals surface area contributed by atoms with Gasteiger partial charge in [-0.3, -0.25) is 9.59 Å². The summed E-state index contributed by atoms with van der Waals surface area (Å²) in [5, 5.41) is 2.56. The normalized spacial score (nSPS) is 12.0. The van der Waals surface area contributed by atoms with Crippen molar-refractivity contribution in [2.45, 2.75) is 0 Å². The molecule has 0 radical (unpaired) electrons. The van der Waals surface area contributed by atoms with Crippen molar-refractivity contribution in [3.05, 3.63) is 53.3 Å². The molecule has 7 heteroatoms. The van der Waals surface area contributed by atoms with Gasteiger partial charge in [-0.1, -0.05) is 0 Å². The van der Waals surface area contributed by atoms with Crippen LogP contribution < -0.4 is 20.5 Å². The average Bonchev–Trinajstić information content (AvgIpc) is 2.96. The van der Waals surface area contributed by atoms with Crippen LogP contribution in [0.4, 0.5) is 10.1 Å². The lowest BCUT2D eigenvalue weighted by molar-refractivity contribution is 0.0992. The van der Waals surface area contributed by atoms with Gasteiger partial charge in [-0.25, -0.2) is 4.39 Å². The van der Waals surface area contributed by atoms with Crippen LogP contribution in [0.2, 0.25) is 0 Å². The minimum atomic E-state index is -0.906. The minimum absolute atomic E-state index is 0.111. The molecule has 0 spiro atoms. The molecule has 0 saturated carbocycles. The van der Waals surface area contributed by atoms with Gasteiger partial charge in [0.15, 0.2) is 11.5 Å². The zero-order valence-corrected chi connectivity index (χ0v) is 11.3. The highest BCUT2D eigenvalue weighted by molar-refractivity contribution is 6.05. The Balaban J connectivity index is 1.82. The third-order valence-corrected chi connectivity index (χ3v) is 3.12. The van der Waals surface area contributed by atoms with Gasteiger partial charge in [0.2, 0.25) is 6.79 Å². The van der Waals surface area contributed by atoms with Crippen molar-refractivity contribution in [3.8, 4) is 11.5 Å². The summed E-state index contributed by atoms with van der Waals surface area (Å²) in [6.07, 6.45) is 0. The predicted molar refractivity (Wildman–Crippen MR) is 75.4 cm³/mol. The van der Waals surface area contributed by atoms with E-state index >= 15 is 0 Å². The smallest absolute Gasteiger partial charge is 0.255 e. The van der Waals surface area contributed by atoms with Crippen molar-refractivity contribution >= 4 is 17.5 Å². The van der Waals surface area contributed by atoms with Gasteiger partial charge >= 0.3 is 0 Å². The molecule has 2 amide bonds. The number of hydrogen-bond acceptors (Lipinski definition) is 4. The number of carbonyl (C=O) groups is 2. The summed E-state index contributed by atoms with van der Waals surface area (Å²) in [7, 11) is 0. The average molecular weight is 302 g/mol. The summed E-state index contributed by atoms with van der Waals surface area (Å²) in [4.78, 5) is 23.3. The van der Waals surface area contributed by atoms with E-state index in [0.717, 1.165) is 6.07 Å². The number of primary amides is 1. The first-order valence-corrected chi connectivity index (χ1v) is 6.35. The second-order valence-corrected chi connectivity index (χ2v) is 4.58. The zero-order chi connectivity index (χ0) is 15.7. The first-order valence-electron chi connectivity index (χ1n) is 6.35. The van der Waals surface area contributed by atoms with Gasteiger partial charge in [0.25, 0.3) is 11.8 Å². The molecule has 0 aromatic heterocycles. The number of hydrogen-bond donors (Lipinski definition) is 2. The Morgan fingerprint density at radius 1 is 1.09 bits per heavy atom. The molecule has 2 aromatic rings. The maximum absolute atomic E-state index is 13.4. The van der Waals surface area contributed by atoms with Gasteiger partial charge in [0, 0.05) is 11.3 Å². The molecule has 0 aliphatic carbocycles. The molecular weight excluding hydrogens is 291 g/mol. The molecule has 112 valence electrons. The quantitative estimate of drug-likeness (QED) is 0.906. The Morgan fingerprint density at radius 3 is 2.64 bits per heavy atom. The summed E-state index contributed by atoms with van der Waals surface area (Å²) in [6.45, 7) is 0.111. The van der Waals surface area contributed by atoms with Crippen molar-refractivity contribution in [1.82, 2.24) is 0 Å². The van der Waals surface area contributed by atoms with Crippen molar-refractivity contribution < 1.29 is 23.5 Å². The lowest BCUT2D eigenvalue weighted by atomic mass is 10.1. The molecule has 0 bridgehead atoms. The van der Waals surface area contributed by atoms with Gasteiger partial charge in [0.05, 0.1) is 5.56 Å². The second-order valence-electron chi connectivity index (χ2n) is 4.58. The van der Waals surface area contributed by atoms with Crippen LogP contribution in [0.5, 0.6) is 11.5 Å². The first kappa shape index (κ1) is 13.9. The van der Waals surface area contributed by atoms with E-state index in [1.54, 1.807) is 12.1 Å². The Kier molecular flexibility index (Phi) is 3.38. The highest BCUT2D eigenvalue weighted by Gasteiger charge is 2.17. The molecule has 3 rings (SSSR count). The third kappa shape index (κ3) is 2.56. The Hall–Kier alpha value is -3.09. The molecule has 1 aliphatic heterocycles. The largest absolute Gasteiger partial charge is 0.454 e. The predicted octanol–water partition coefficient (Wildman–Crippen LogP) is 1.91. The van der Waals surface area contributed by atoms with Crippen LogP contribution in [-0.4, -0.2) is 18.6 Å². The number of amides is 2. The van der Waals surface area contributed by atoms with Gasteiger partial charge in [-0.05, 0) is 36.4 Å². The van der Waals surface area contributed by atoms with Crippen molar-refractivity contribution in [2.24, 2.45) is 5.73 Å². The topological polar surface area (TPSA) is 90.7 Å². The summed E-state index contributed by atoms with van der Waals surface area (Å²) in [5.74, 6) is -1.04. The highest BCUT2D eigenvalue weighted by Crippen LogP contribution is 2.32. The van der Waals surface area contributed by atoms with Crippen LogP contribution in [-0.2, 0) is 0 Å². The van der Waals surface area contributed by atoms with E-state index in [2.05, 4.69) is 5.32 Å². The highest BCUT2D eigenvalue weighted by atomic mass is 19.1. The van der Waals surface area contributed by atoms with Crippen LogP contribution >= 0.6 is 0 Å².